The SMILES string of the molecule is CNCCCc1nnc(Cc2ccc(OC)cc2)s1. The summed E-state index contributed by atoms with van der Waals surface area (Å²) in [6.45, 7) is 1.02. The van der Waals surface area contributed by atoms with E-state index in [2.05, 4.69) is 27.6 Å². The van der Waals surface area contributed by atoms with Crippen molar-refractivity contribution >= 4 is 11.3 Å². The van der Waals surface area contributed by atoms with Gasteiger partial charge in [0.25, 0.3) is 0 Å². The summed E-state index contributed by atoms with van der Waals surface area (Å²) in [7, 11) is 3.65. The predicted octanol–water partition coefficient (Wildman–Crippen LogP) is 2.29. The second-order valence-electron chi connectivity index (χ2n) is 4.32. The summed E-state index contributed by atoms with van der Waals surface area (Å²) in [6, 6.07) is 8.09. The predicted molar refractivity (Wildman–Crippen MR) is 78.0 cm³/mol. The molecule has 5 heteroatoms. The van der Waals surface area contributed by atoms with Crippen LogP contribution >= 0.6 is 11.3 Å². The summed E-state index contributed by atoms with van der Waals surface area (Å²) in [5.41, 5.74) is 1.23. The Bertz CT molecular complexity index is 496. The van der Waals surface area contributed by atoms with Gasteiger partial charge in [-0.2, -0.15) is 0 Å². The summed E-state index contributed by atoms with van der Waals surface area (Å²) in [5, 5.41) is 13.8. The van der Waals surface area contributed by atoms with Crippen molar-refractivity contribution in [2.75, 3.05) is 20.7 Å². The lowest BCUT2D eigenvalue weighted by Gasteiger charge is -2.00. The number of nitrogens with one attached hydrogen (secondary N) is 1. The summed E-state index contributed by atoms with van der Waals surface area (Å²) >= 11 is 1.71. The molecule has 0 aliphatic rings. The molecule has 0 fully saturated rings. The fourth-order valence-corrected chi connectivity index (χ4v) is 2.72. The average molecular weight is 277 g/mol. The maximum Gasteiger partial charge on any atom is 0.121 e. The molecular weight excluding hydrogens is 258 g/mol. The topological polar surface area (TPSA) is 47.0 Å². The molecule has 4 nitrogen and oxygen atoms in total. The molecule has 0 aliphatic carbocycles. The minimum atomic E-state index is 0.841. The molecule has 2 rings (SSSR count). The van der Waals surface area contributed by atoms with Crippen LogP contribution in [0, 0.1) is 0 Å². The van der Waals surface area contributed by atoms with E-state index in [9.17, 15) is 0 Å². The van der Waals surface area contributed by atoms with E-state index >= 15 is 0 Å². The van der Waals surface area contributed by atoms with Gasteiger partial charge in [0.2, 0.25) is 0 Å². The van der Waals surface area contributed by atoms with Gasteiger partial charge in [0.1, 0.15) is 15.8 Å². The molecule has 0 aliphatic heterocycles. The third kappa shape index (κ3) is 4.29. The van der Waals surface area contributed by atoms with Gasteiger partial charge in [-0.15, -0.1) is 21.5 Å². The van der Waals surface area contributed by atoms with Crippen molar-refractivity contribution in [3.8, 4) is 5.75 Å². The number of methoxy groups -OCH3 is 1. The molecule has 102 valence electrons. The first-order chi connectivity index (χ1) is 9.31. The maximum absolute atomic E-state index is 5.15. The smallest absolute Gasteiger partial charge is 0.121 e. The van der Waals surface area contributed by atoms with Gasteiger partial charge in [-0.1, -0.05) is 12.1 Å². The van der Waals surface area contributed by atoms with Crippen LogP contribution in [0.1, 0.15) is 22.0 Å². The van der Waals surface area contributed by atoms with E-state index in [0.717, 1.165) is 41.6 Å². The molecule has 0 saturated carbocycles. The Labute approximate surface area is 117 Å². The summed E-state index contributed by atoms with van der Waals surface area (Å²) in [4.78, 5) is 0. The second kappa shape index (κ2) is 7.21. The quantitative estimate of drug-likeness (QED) is 0.789. The van der Waals surface area contributed by atoms with Gasteiger partial charge in [0.05, 0.1) is 7.11 Å². The van der Waals surface area contributed by atoms with E-state index in [0.29, 0.717) is 0 Å². The lowest BCUT2D eigenvalue weighted by molar-refractivity contribution is 0.414. The Morgan fingerprint density at radius 3 is 2.58 bits per heavy atom. The van der Waals surface area contributed by atoms with Gasteiger partial charge >= 0.3 is 0 Å². The Hall–Kier alpha value is -1.46. The minimum absolute atomic E-state index is 0.841. The first kappa shape index (κ1) is 14.0. The molecule has 0 radical (unpaired) electrons. The normalized spacial score (nSPS) is 10.6. The van der Waals surface area contributed by atoms with Crippen LogP contribution in [0.25, 0.3) is 0 Å². The zero-order chi connectivity index (χ0) is 13.5. The highest BCUT2D eigenvalue weighted by Gasteiger charge is 2.05. The second-order valence-corrected chi connectivity index (χ2v) is 5.47. The summed E-state index contributed by atoms with van der Waals surface area (Å²) < 4.78 is 5.15. The molecule has 2 aromatic rings. The Morgan fingerprint density at radius 1 is 1.16 bits per heavy atom. The highest BCUT2D eigenvalue weighted by molar-refractivity contribution is 7.11. The molecule has 1 heterocycles. The number of nitrogens with zero attached hydrogens (tertiary/aromatic N) is 2. The van der Waals surface area contributed by atoms with Gasteiger partial charge in [-0.05, 0) is 37.7 Å². The third-order valence-electron chi connectivity index (χ3n) is 2.84. The first-order valence-electron chi connectivity index (χ1n) is 6.40. The number of hydrogen-bond acceptors (Lipinski definition) is 5. The average Bonchev–Trinajstić information content (AvgIpc) is 2.88. The van der Waals surface area contributed by atoms with Crippen LogP contribution < -0.4 is 10.1 Å². The number of aryl methyl sites for hydroxylation is 1. The molecule has 1 N–H and O–H groups in total. The van der Waals surface area contributed by atoms with Crippen molar-refractivity contribution in [3.63, 3.8) is 0 Å². The molecule has 1 aromatic heterocycles. The van der Waals surface area contributed by atoms with Crippen LogP contribution in [0.2, 0.25) is 0 Å². The van der Waals surface area contributed by atoms with Crippen LogP contribution in [0.3, 0.4) is 0 Å². The summed E-state index contributed by atoms with van der Waals surface area (Å²) in [6.07, 6.45) is 2.95. The van der Waals surface area contributed by atoms with E-state index in [-0.39, 0.29) is 0 Å². The van der Waals surface area contributed by atoms with Crippen molar-refractivity contribution in [1.82, 2.24) is 15.5 Å². The zero-order valence-corrected chi connectivity index (χ0v) is 12.2. The van der Waals surface area contributed by atoms with E-state index in [1.54, 1.807) is 18.4 Å². The Balaban J connectivity index is 1.91. The van der Waals surface area contributed by atoms with Gasteiger partial charge < -0.3 is 10.1 Å². The largest absolute Gasteiger partial charge is 0.497 e. The van der Waals surface area contributed by atoms with Crippen LogP contribution in [0.5, 0.6) is 5.75 Å². The van der Waals surface area contributed by atoms with E-state index < -0.39 is 0 Å². The number of hydrogen-bond donors (Lipinski definition) is 1. The lowest BCUT2D eigenvalue weighted by atomic mass is 10.1. The van der Waals surface area contributed by atoms with Crippen molar-refractivity contribution in [2.24, 2.45) is 0 Å². The van der Waals surface area contributed by atoms with Gasteiger partial charge in [0, 0.05) is 12.8 Å². The molecule has 1 aromatic carbocycles. The highest BCUT2D eigenvalue weighted by atomic mass is 32.1. The third-order valence-corrected chi connectivity index (χ3v) is 3.82. The monoisotopic (exact) mass is 277 g/mol. The number of rotatable bonds is 7. The maximum atomic E-state index is 5.15. The molecule has 0 saturated heterocycles. The van der Waals surface area contributed by atoms with Crippen LogP contribution in [0.15, 0.2) is 24.3 Å². The Morgan fingerprint density at radius 2 is 1.89 bits per heavy atom. The minimum Gasteiger partial charge on any atom is -0.497 e. The molecule has 0 bridgehead atoms. The van der Waals surface area contributed by atoms with Gasteiger partial charge in [-0.25, -0.2) is 0 Å². The molecule has 19 heavy (non-hydrogen) atoms. The van der Waals surface area contributed by atoms with Crippen LogP contribution in [0.4, 0.5) is 0 Å². The molecule has 0 spiro atoms. The fourth-order valence-electron chi connectivity index (χ4n) is 1.80. The fraction of sp³-hybridized carbons (Fsp3) is 0.429. The van der Waals surface area contributed by atoms with Crippen LogP contribution in [-0.2, 0) is 12.8 Å². The number of aromatic nitrogens is 2. The lowest BCUT2D eigenvalue weighted by Crippen LogP contribution is -2.08. The number of ether oxygens (including phenoxy) is 1. The zero-order valence-electron chi connectivity index (χ0n) is 11.3. The Kier molecular flexibility index (Phi) is 5.30. The van der Waals surface area contributed by atoms with Crippen LogP contribution in [-0.4, -0.2) is 30.9 Å². The van der Waals surface area contributed by atoms with Gasteiger partial charge in [-0.3, -0.25) is 0 Å². The van der Waals surface area contributed by atoms with Gasteiger partial charge in [0.15, 0.2) is 0 Å². The molecular formula is C14H19N3OS. The van der Waals surface area contributed by atoms with Crippen molar-refractivity contribution in [1.29, 1.82) is 0 Å². The first-order valence-corrected chi connectivity index (χ1v) is 7.22. The number of benzene rings is 1. The summed E-state index contributed by atoms with van der Waals surface area (Å²) in [5.74, 6) is 0.883. The molecule has 0 atom stereocenters. The highest BCUT2D eigenvalue weighted by Crippen LogP contribution is 2.18. The molecule has 0 amide bonds. The van der Waals surface area contributed by atoms with E-state index in [4.69, 9.17) is 4.74 Å². The van der Waals surface area contributed by atoms with E-state index in [1.807, 2.05) is 19.2 Å². The van der Waals surface area contributed by atoms with E-state index in [1.165, 1.54) is 5.56 Å². The van der Waals surface area contributed by atoms with Crippen molar-refractivity contribution < 1.29 is 4.74 Å². The van der Waals surface area contributed by atoms with Crippen molar-refractivity contribution in [3.05, 3.63) is 39.8 Å². The standard InChI is InChI=1S/C14H19N3OS/c1-15-9-3-4-13-16-17-14(19-13)10-11-5-7-12(18-2)8-6-11/h5-8,15H,3-4,9-10H2,1-2H3. The van der Waals surface area contributed by atoms with Crippen molar-refractivity contribution in [2.45, 2.75) is 19.3 Å². The molecule has 0 unspecified atom stereocenters.